The van der Waals surface area contributed by atoms with Crippen molar-refractivity contribution in [3.8, 4) is 11.1 Å². The topological polar surface area (TPSA) is 66.9 Å². The normalized spacial score (nSPS) is 10.5. The summed E-state index contributed by atoms with van der Waals surface area (Å²) in [4.78, 5) is 3.86. The van der Waals surface area contributed by atoms with Gasteiger partial charge in [0.05, 0.1) is 0 Å². The summed E-state index contributed by atoms with van der Waals surface area (Å²) in [5.74, 6) is 0.408. The second-order valence-electron chi connectivity index (χ2n) is 2.32. The van der Waals surface area contributed by atoms with Crippen LogP contribution in [0.25, 0.3) is 11.1 Å². The van der Waals surface area contributed by atoms with Crippen molar-refractivity contribution in [3.63, 3.8) is 0 Å². The standard InChI is InChI=1S/C7H6N3O/c8-7-6-4-10(11)2-1-5(6)3-9-7/h1-4H,(H2,8,9)/q-1. The maximum Gasteiger partial charge on any atom is 0.132 e. The highest BCUT2D eigenvalue weighted by atomic mass is 16.5. The summed E-state index contributed by atoms with van der Waals surface area (Å²) in [6, 6.07) is 1.69. The van der Waals surface area contributed by atoms with Crippen LogP contribution in [0.15, 0.2) is 24.7 Å². The first-order chi connectivity index (χ1) is 5.27. The van der Waals surface area contributed by atoms with Crippen LogP contribution in [0, 0.1) is 5.21 Å². The quantitative estimate of drug-likeness (QED) is 0.603. The average molecular weight is 148 g/mol. The van der Waals surface area contributed by atoms with Gasteiger partial charge in [0, 0.05) is 23.5 Å². The van der Waals surface area contributed by atoms with Crippen molar-refractivity contribution < 1.29 is 0 Å². The number of nitrogen functional groups attached to an aromatic ring is 1. The van der Waals surface area contributed by atoms with Crippen molar-refractivity contribution in [1.29, 1.82) is 0 Å². The number of hydrogen-bond acceptors (Lipinski definition) is 3. The van der Waals surface area contributed by atoms with Gasteiger partial charge in [0.2, 0.25) is 0 Å². The van der Waals surface area contributed by atoms with Gasteiger partial charge >= 0.3 is 0 Å². The highest BCUT2D eigenvalue weighted by Crippen LogP contribution is 2.25. The summed E-state index contributed by atoms with van der Waals surface area (Å²) in [5.41, 5.74) is 7.09. The first-order valence-electron chi connectivity index (χ1n) is 3.17. The van der Waals surface area contributed by atoms with E-state index in [0.717, 1.165) is 5.56 Å². The number of aromatic nitrogens is 2. The van der Waals surface area contributed by atoms with Gasteiger partial charge in [-0.1, -0.05) is 0 Å². The third-order valence-electron chi connectivity index (χ3n) is 1.59. The fourth-order valence-electron chi connectivity index (χ4n) is 1.02. The first-order valence-corrected chi connectivity index (χ1v) is 3.17. The molecule has 0 aromatic heterocycles. The molecule has 0 fully saturated rings. The van der Waals surface area contributed by atoms with Gasteiger partial charge in [-0.3, -0.25) is 0 Å². The maximum atomic E-state index is 10.8. The van der Waals surface area contributed by atoms with Crippen LogP contribution in [0.3, 0.4) is 0 Å². The molecule has 4 nitrogen and oxygen atoms in total. The summed E-state index contributed by atoms with van der Waals surface area (Å²) in [6.07, 6.45) is 4.48. The summed E-state index contributed by atoms with van der Waals surface area (Å²) < 4.78 is 0.709. The number of nitrogens with zero attached hydrogens (tertiary/aromatic N) is 2. The number of rotatable bonds is 0. The molecule has 0 spiro atoms. The first kappa shape index (κ1) is 6.03. The Bertz CT molecular complexity index is 355. The lowest BCUT2D eigenvalue weighted by molar-refractivity contribution is 1.07. The van der Waals surface area contributed by atoms with Crippen LogP contribution in [0.4, 0.5) is 5.82 Å². The highest BCUT2D eigenvalue weighted by molar-refractivity contribution is 5.74. The Morgan fingerprint density at radius 3 is 3.18 bits per heavy atom. The molecule has 0 aliphatic carbocycles. The summed E-state index contributed by atoms with van der Waals surface area (Å²) >= 11 is 0. The van der Waals surface area contributed by atoms with E-state index in [-0.39, 0.29) is 0 Å². The van der Waals surface area contributed by atoms with Gasteiger partial charge in [0.25, 0.3) is 0 Å². The largest absolute Gasteiger partial charge is 0.806 e. The van der Waals surface area contributed by atoms with E-state index in [0.29, 0.717) is 16.1 Å². The molecule has 2 aliphatic rings. The third-order valence-corrected chi connectivity index (χ3v) is 1.59. The van der Waals surface area contributed by atoms with Crippen LogP contribution in [-0.4, -0.2) is 9.71 Å². The Kier molecular flexibility index (Phi) is 1.03. The lowest BCUT2D eigenvalue weighted by Gasteiger charge is -2.11. The molecule has 0 aromatic rings. The fourth-order valence-corrected chi connectivity index (χ4v) is 1.02. The van der Waals surface area contributed by atoms with E-state index in [1.807, 2.05) is 0 Å². The minimum Gasteiger partial charge on any atom is -0.806 e. The van der Waals surface area contributed by atoms with E-state index in [1.54, 1.807) is 12.3 Å². The van der Waals surface area contributed by atoms with Crippen LogP contribution < -0.4 is 5.73 Å². The Morgan fingerprint density at radius 2 is 2.36 bits per heavy atom. The molecular weight excluding hydrogens is 142 g/mol. The maximum absolute atomic E-state index is 10.8. The van der Waals surface area contributed by atoms with Crippen LogP contribution in [-0.2, 0) is 0 Å². The van der Waals surface area contributed by atoms with Gasteiger partial charge in [-0.2, -0.15) is 0 Å². The van der Waals surface area contributed by atoms with Crippen LogP contribution in [0.1, 0.15) is 0 Å². The minimum absolute atomic E-state index is 0.408. The Labute approximate surface area is 63.2 Å². The smallest absolute Gasteiger partial charge is 0.132 e. The SMILES string of the molecule is Nc1ncc2ccn([O-])cc1-2. The molecule has 0 unspecified atom stereocenters. The minimum atomic E-state index is 0.408. The molecule has 4 heteroatoms. The molecule has 0 aromatic carbocycles. The molecule has 0 saturated heterocycles. The number of anilines is 1. The molecule has 2 N–H and O–H groups in total. The van der Waals surface area contributed by atoms with Crippen molar-refractivity contribution in [2.75, 3.05) is 5.73 Å². The van der Waals surface area contributed by atoms with Crippen molar-refractivity contribution in [1.82, 2.24) is 9.71 Å². The third kappa shape index (κ3) is 0.797. The van der Waals surface area contributed by atoms with Gasteiger partial charge in [0.1, 0.15) is 5.82 Å². The molecule has 0 saturated carbocycles. The van der Waals surface area contributed by atoms with Crippen LogP contribution in [0.5, 0.6) is 0 Å². The highest BCUT2D eigenvalue weighted by Gasteiger charge is 2.05. The molecule has 0 amide bonds. The molecule has 2 heterocycles. The zero-order valence-corrected chi connectivity index (χ0v) is 5.69. The molecule has 56 valence electrons. The number of nitrogens with two attached hydrogens (primary N) is 1. The predicted molar refractivity (Wildman–Crippen MR) is 42.0 cm³/mol. The summed E-state index contributed by atoms with van der Waals surface area (Å²) in [7, 11) is 0. The molecule has 0 radical (unpaired) electrons. The van der Waals surface area contributed by atoms with Gasteiger partial charge in [-0.05, 0) is 12.3 Å². The van der Waals surface area contributed by atoms with E-state index >= 15 is 0 Å². The second-order valence-corrected chi connectivity index (χ2v) is 2.32. The summed E-state index contributed by atoms with van der Waals surface area (Å²) in [5, 5.41) is 10.8. The average Bonchev–Trinajstić information content (AvgIpc) is 2.33. The molecule has 11 heavy (non-hydrogen) atoms. The van der Waals surface area contributed by atoms with E-state index in [4.69, 9.17) is 5.73 Å². The Hall–Kier alpha value is -1.71. The van der Waals surface area contributed by atoms with Crippen LogP contribution >= 0.6 is 0 Å². The summed E-state index contributed by atoms with van der Waals surface area (Å²) in [6.45, 7) is 0. The van der Waals surface area contributed by atoms with Crippen molar-refractivity contribution in [2.45, 2.75) is 0 Å². The monoisotopic (exact) mass is 148 g/mol. The Balaban J connectivity index is 2.76. The van der Waals surface area contributed by atoms with Crippen molar-refractivity contribution in [2.24, 2.45) is 0 Å². The van der Waals surface area contributed by atoms with Gasteiger partial charge in [-0.25, -0.2) is 4.98 Å². The zero-order valence-electron chi connectivity index (χ0n) is 5.69. The molecule has 2 aliphatic heterocycles. The van der Waals surface area contributed by atoms with Crippen LogP contribution in [0.2, 0.25) is 0 Å². The Morgan fingerprint density at radius 1 is 1.55 bits per heavy atom. The van der Waals surface area contributed by atoms with Gasteiger partial charge < -0.3 is 15.7 Å². The molecular formula is C7H6N3O-. The van der Waals surface area contributed by atoms with E-state index in [2.05, 4.69) is 4.98 Å². The van der Waals surface area contributed by atoms with Crippen molar-refractivity contribution in [3.05, 3.63) is 29.9 Å². The number of fused-ring (bicyclic) bond motifs is 1. The molecule has 0 atom stereocenters. The number of pyridine rings is 1. The fraction of sp³-hybridized carbons (Fsp3) is 0. The molecule has 2 rings (SSSR count). The van der Waals surface area contributed by atoms with E-state index in [1.165, 1.54) is 12.4 Å². The lowest BCUT2D eigenvalue weighted by atomic mass is 10.2. The zero-order chi connectivity index (χ0) is 7.84. The van der Waals surface area contributed by atoms with Gasteiger partial charge in [-0.15, -0.1) is 0 Å². The van der Waals surface area contributed by atoms with E-state index in [9.17, 15) is 5.21 Å². The number of hydrogen-bond donors (Lipinski definition) is 1. The predicted octanol–water partition coefficient (Wildman–Crippen LogP) is 0.916. The second kappa shape index (κ2) is 1.88. The molecule has 0 bridgehead atoms. The van der Waals surface area contributed by atoms with Gasteiger partial charge in [0.15, 0.2) is 0 Å². The van der Waals surface area contributed by atoms with E-state index < -0.39 is 0 Å². The lowest BCUT2D eigenvalue weighted by Crippen LogP contribution is -1.91. The van der Waals surface area contributed by atoms with Crippen molar-refractivity contribution >= 4 is 5.82 Å².